The van der Waals surface area contributed by atoms with E-state index in [0.717, 1.165) is 24.2 Å². The van der Waals surface area contributed by atoms with Gasteiger partial charge in [-0.25, -0.2) is 0 Å². The van der Waals surface area contributed by atoms with Gasteiger partial charge in [-0.15, -0.1) is 10.2 Å². The summed E-state index contributed by atoms with van der Waals surface area (Å²) < 4.78 is 5.21. The van der Waals surface area contributed by atoms with Gasteiger partial charge in [0.15, 0.2) is 0 Å². The topological polar surface area (TPSA) is 90.1 Å². The van der Waals surface area contributed by atoms with Gasteiger partial charge in [0.2, 0.25) is 10.3 Å². The van der Waals surface area contributed by atoms with Gasteiger partial charge < -0.3 is 10.5 Å². The molecule has 2 rings (SSSR count). The molecule has 1 aromatic rings. The molecule has 3 N–H and O–H groups in total. The van der Waals surface area contributed by atoms with Crippen LogP contribution >= 0.6 is 11.3 Å². The normalized spacial score (nSPS) is 21.0. The number of amides is 1. The van der Waals surface area contributed by atoms with Crippen molar-refractivity contribution in [1.82, 2.24) is 10.2 Å². The van der Waals surface area contributed by atoms with Crippen molar-refractivity contribution in [3.8, 4) is 0 Å². The molecule has 2 heterocycles. The largest absolute Gasteiger partial charge is 0.374 e. The summed E-state index contributed by atoms with van der Waals surface area (Å²) in [6, 6.07) is 0. The Bertz CT molecular complexity index is 334. The quantitative estimate of drug-likeness (QED) is 0.735. The second-order valence-electron chi connectivity index (χ2n) is 2.94. The number of ether oxygens (including phenoxy) is 1. The first-order chi connectivity index (χ1) is 6.75. The number of rotatable bonds is 2. The minimum absolute atomic E-state index is 0.168. The number of nitrogens with one attached hydrogen (secondary N) is 1. The molecule has 0 radical (unpaired) electrons. The fraction of sp³-hybridized carbons (Fsp3) is 0.571. The van der Waals surface area contributed by atoms with Gasteiger partial charge in [-0.3, -0.25) is 10.1 Å². The maximum Gasteiger partial charge on any atom is 0.255 e. The first-order valence-corrected chi connectivity index (χ1v) is 5.09. The fourth-order valence-corrected chi connectivity index (χ4v) is 1.77. The van der Waals surface area contributed by atoms with Crippen LogP contribution in [-0.4, -0.2) is 28.8 Å². The van der Waals surface area contributed by atoms with Crippen LogP contribution in [0.2, 0.25) is 0 Å². The Morgan fingerprint density at radius 1 is 1.64 bits per heavy atom. The van der Waals surface area contributed by atoms with Gasteiger partial charge in [-0.1, -0.05) is 11.3 Å². The molecule has 1 atom stereocenters. The maximum absolute atomic E-state index is 11.5. The Balaban J connectivity index is 1.93. The Hall–Kier alpha value is -1.21. The lowest BCUT2D eigenvalue weighted by Gasteiger charge is -2.06. The standard InChI is InChI=1S/C7H10N4O2S/c8-6-10-11-7(14-6)9-5(12)4-2-1-3-13-4/h4H,1-3H2,(H2,8,10)(H,9,11,12). The minimum atomic E-state index is -0.347. The summed E-state index contributed by atoms with van der Waals surface area (Å²) in [5.41, 5.74) is 5.37. The number of hydrogen-bond acceptors (Lipinski definition) is 6. The van der Waals surface area contributed by atoms with E-state index in [9.17, 15) is 4.79 Å². The highest BCUT2D eigenvalue weighted by Gasteiger charge is 2.24. The lowest BCUT2D eigenvalue weighted by molar-refractivity contribution is -0.124. The third-order valence-electron chi connectivity index (χ3n) is 1.89. The molecular formula is C7H10N4O2S. The van der Waals surface area contributed by atoms with Crippen LogP contribution < -0.4 is 11.1 Å². The summed E-state index contributed by atoms with van der Waals surface area (Å²) in [7, 11) is 0. The SMILES string of the molecule is Nc1nnc(NC(=O)C2CCCO2)s1. The van der Waals surface area contributed by atoms with Crippen molar-refractivity contribution < 1.29 is 9.53 Å². The maximum atomic E-state index is 11.5. The van der Waals surface area contributed by atoms with E-state index in [2.05, 4.69) is 15.5 Å². The molecule has 0 spiro atoms. The van der Waals surface area contributed by atoms with Gasteiger partial charge in [0, 0.05) is 6.61 Å². The average molecular weight is 214 g/mol. The van der Waals surface area contributed by atoms with Gasteiger partial charge in [0.05, 0.1) is 0 Å². The summed E-state index contributed by atoms with van der Waals surface area (Å²) in [6.45, 7) is 0.649. The number of carbonyl (C=O) groups excluding carboxylic acids is 1. The van der Waals surface area contributed by atoms with E-state index < -0.39 is 0 Å². The number of carbonyl (C=O) groups is 1. The highest BCUT2D eigenvalue weighted by atomic mass is 32.1. The third kappa shape index (κ3) is 1.99. The van der Waals surface area contributed by atoms with Crippen molar-refractivity contribution >= 4 is 27.5 Å². The predicted molar refractivity (Wildman–Crippen MR) is 51.9 cm³/mol. The van der Waals surface area contributed by atoms with Crippen LogP contribution in [0.3, 0.4) is 0 Å². The molecular weight excluding hydrogens is 204 g/mol. The molecule has 6 nitrogen and oxygen atoms in total. The van der Waals surface area contributed by atoms with E-state index in [4.69, 9.17) is 10.5 Å². The number of aromatic nitrogens is 2. The lowest BCUT2D eigenvalue weighted by atomic mass is 10.2. The second kappa shape index (κ2) is 3.89. The molecule has 76 valence electrons. The van der Waals surface area contributed by atoms with Gasteiger partial charge in [-0.05, 0) is 12.8 Å². The van der Waals surface area contributed by atoms with Crippen LogP contribution in [0.5, 0.6) is 0 Å². The average Bonchev–Trinajstić information content (AvgIpc) is 2.75. The van der Waals surface area contributed by atoms with Crippen LogP contribution in [-0.2, 0) is 9.53 Å². The Morgan fingerprint density at radius 3 is 3.07 bits per heavy atom. The number of hydrogen-bond donors (Lipinski definition) is 2. The van der Waals surface area contributed by atoms with Crippen LogP contribution in [0, 0.1) is 0 Å². The Kier molecular flexibility index (Phi) is 2.60. The van der Waals surface area contributed by atoms with Crippen molar-refractivity contribution in [2.75, 3.05) is 17.7 Å². The number of anilines is 2. The van der Waals surface area contributed by atoms with Crippen LogP contribution in [0.25, 0.3) is 0 Å². The molecule has 0 saturated carbocycles. The molecule has 0 bridgehead atoms. The summed E-state index contributed by atoms with van der Waals surface area (Å²) in [5, 5.41) is 10.6. The molecule has 1 unspecified atom stereocenters. The Morgan fingerprint density at radius 2 is 2.50 bits per heavy atom. The van der Waals surface area contributed by atoms with Crippen molar-refractivity contribution in [3.63, 3.8) is 0 Å². The lowest BCUT2D eigenvalue weighted by Crippen LogP contribution is -2.26. The van der Waals surface area contributed by atoms with E-state index in [1.165, 1.54) is 0 Å². The summed E-state index contributed by atoms with van der Waals surface area (Å²) in [6.07, 6.45) is 1.34. The van der Waals surface area contributed by atoms with E-state index in [-0.39, 0.29) is 12.0 Å². The van der Waals surface area contributed by atoms with Crippen molar-refractivity contribution in [2.45, 2.75) is 18.9 Å². The molecule has 1 aliphatic heterocycles. The predicted octanol–water partition coefficient (Wildman–Crippen LogP) is 0.238. The van der Waals surface area contributed by atoms with Crippen molar-refractivity contribution in [3.05, 3.63) is 0 Å². The van der Waals surface area contributed by atoms with Crippen LogP contribution in [0.15, 0.2) is 0 Å². The van der Waals surface area contributed by atoms with Gasteiger partial charge in [0.25, 0.3) is 5.91 Å². The molecule has 7 heteroatoms. The van der Waals surface area contributed by atoms with E-state index in [1.807, 2.05) is 0 Å². The summed E-state index contributed by atoms with van der Waals surface area (Å²) >= 11 is 1.14. The Labute approximate surface area is 84.5 Å². The van der Waals surface area contributed by atoms with Crippen molar-refractivity contribution in [1.29, 1.82) is 0 Å². The molecule has 0 aromatic carbocycles. The second-order valence-corrected chi connectivity index (χ2v) is 3.95. The molecule has 1 aromatic heterocycles. The highest BCUT2D eigenvalue weighted by Crippen LogP contribution is 2.19. The summed E-state index contributed by atoms with van der Waals surface area (Å²) in [5.74, 6) is -0.168. The van der Waals surface area contributed by atoms with Gasteiger partial charge in [-0.2, -0.15) is 0 Å². The zero-order chi connectivity index (χ0) is 9.97. The number of nitrogen functional groups attached to an aromatic ring is 1. The number of nitrogens with zero attached hydrogens (tertiary/aromatic N) is 2. The van der Waals surface area contributed by atoms with Crippen LogP contribution in [0.1, 0.15) is 12.8 Å². The van der Waals surface area contributed by atoms with Gasteiger partial charge in [0.1, 0.15) is 6.10 Å². The highest BCUT2D eigenvalue weighted by molar-refractivity contribution is 7.18. The zero-order valence-electron chi connectivity index (χ0n) is 7.40. The smallest absolute Gasteiger partial charge is 0.255 e. The zero-order valence-corrected chi connectivity index (χ0v) is 8.21. The molecule has 1 aliphatic rings. The van der Waals surface area contributed by atoms with E-state index in [0.29, 0.717) is 16.9 Å². The molecule has 1 saturated heterocycles. The first kappa shape index (κ1) is 9.35. The first-order valence-electron chi connectivity index (χ1n) is 4.27. The van der Waals surface area contributed by atoms with E-state index >= 15 is 0 Å². The van der Waals surface area contributed by atoms with E-state index in [1.54, 1.807) is 0 Å². The minimum Gasteiger partial charge on any atom is -0.374 e. The summed E-state index contributed by atoms with van der Waals surface area (Å²) in [4.78, 5) is 11.5. The van der Waals surface area contributed by atoms with Crippen molar-refractivity contribution in [2.24, 2.45) is 0 Å². The third-order valence-corrected chi connectivity index (χ3v) is 2.56. The molecule has 1 amide bonds. The molecule has 1 fully saturated rings. The molecule has 0 aliphatic carbocycles. The molecule has 14 heavy (non-hydrogen) atoms. The monoisotopic (exact) mass is 214 g/mol. The van der Waals surface area contributed by atoms with Gasteiger partial charge >= 0.3 is 0 Å². The number of nitrogens with two attached hydrogens (primary N) is 1. The van der Waals surface area contributed by atoms with Crippen LogP contribution in [0.4, 0.5) is 10.3 Å². The fourth-order valence-electron chi connectivity index (χ4n) is 1.26.